The van der Waals surface area contributed by atoms with Gasteiger partial charge in [-0.3, -0.25) is 4.90 Å². The highest BCUT2D eigenvalue weighted by molar-refractivity contribution is 6.30. The van der Waals surface area contributed by atoms with Crippen LogP contribution in [0.15, 0.2) is 12.3 Å². The van der Waals surface area contributed by atoms with Gasteiger partial charge in [0.1, 0.15) is 18.0 Å². The molecule has 1 aromatic rings. The average Bonchev–Trinajstić information content (AvgIpc) is 2.41. The quantitative estimate of drug-likeness (QED) is 0.876. The third kappa shape index (κ3) is 3.57. The fourth-order valence-electron chi connectivity index (χ4n) is 2.34. The summed E-state index contributed by atoms with van der Waals surface area (Å²) < 4.78 is 5.65. The van der Waals surface area contributed by atoms with E-state index in [9.17, 15) is 5.11 Å². The molecule has 0 aliphatic carbocycles. The minimum absolute atomic E-state index is 0.289. The van der Waals surface area contributed by atoms with Gasteiger partial charge in [-0.15, -0.1) is 0 Å². The predicted octanol–water partition coefficient (Wildman–Crippen LogP) is 1.46. The second kappa shape index (κ2) is 6.52. The Hall–Kier alpha value is -0.880. The van der Waals surface area contributed by atoms with Crippen LogP contribution in [0.2, 0.25) is 5.02 Å². The molecule has 1 aliphatic heterocycles. The van der Waals surface area contributed by atoms with Crippen LogP contribution in [0.5, 0.6) is 0 Å². The Bertz CT molecular complexity index is 428. The molecule has 1 saturated heterocycles. The Balaban J connectivity index is 2.10. The number of aromatic nitrogens is 1. The SMILES string of the molecule is CCCN1CCOC(C(O)c2cc(Cl)cnc2N)C1. The molecule has 0 bridgehead atoms. The van der Waals surface area contributed by atoms with Gasteiger partial charge in [-0.1, -0.05) is 18.5 Å². The number of rotatable bonds is 4. The molecule has 5 nitrogen and oxygen atoms in total. The van der Waals surface area contributed by atoms with Gasteiger partial charge in [0.15, 0.2) is 0 Å². The number of hydrogen-bond acceptors (Lipinski definition) is 5. The zero-order chi connectivity index (χ0) is 13.8. The first kappa shape index (κ1) is 14.5. The Morgan fingerprint density at radius 3 is 3.21 bits per heavy atom. The highest BCUT2D eigenvalue weighted by atomic mass is 35.5. The number of nitrogens with zero attached hydrogens (tertiary/aromatic N) is 2. The lowest BCUT2D eigenvalue weighted by molar-refractivity contribution is -0.0897. The van der Waals surface area contributed by atoms with E-state index in [2.05, 4.69) is 16.8 Å². The molecule has 6 heteroatoms. The van der Waals surface area contributed by atoms with Crippen molar-refractivity contribution >= 4 is 17.4 Å². The van der Waals surface area contributed by atoms with Gasteiger partial charge in [0.2, 0.25) is 0 Å². The largest absolute Gasteiger partial charge is 0.385 e. The molecule has 19 heavy (non-hydrogen) atoms. The second-order valence-corrected chi connectivity index (χ2v) is 5.22. The van der Waals surface area contributed by atoms with E-state index in [-0.39, 0.29) is 6.10 Å². The van der Waals surface area contributed by atoms with Gasteiger partial charge in [-0.05, 0) is 19.0 Å². The number of morpholine rings is 1. The fraction of sp³-hybridized carbons (Fsp3) is 0.615. The van der Waals surface area contributed by atoms with Crippen LogP contribution in [0.3, 0.4) is 0 Å². The molecular formula is C13H20ClN3O2. The monoisotopic (exact) mass is 285 g/mol. The molecule has 2 rings (SSSR count). The first-order valence-corrected chi connectivity index (χ1v) is 6.92. The number of hydrogen-bond donors (Lipinski definition) is 2. The van der Waals surface area contributed by atoms with Crippen molar-refractivity contribution < 1.29 is 9.84 Å². The van der Waals surface area contributed by atoms with E-state index in [1.165, 1.54) is 6.20 Å². The molecule has 1 aromatic heterocycles. The van der Waals surface area contributed by atoms with Crippen LogP contribution in [0.1, 0.15) is 25.0 Å². The summed E-state index contributed by atoms with van der Waals surface area (Å²) in [6.07, 6.45) is 1.47. The minimum atomic E-state index is -0.800. The standard InChI is InChI=1S/C13H20ClN3O2/c1-2-3-17-4-5-19-11(8-17)12(18)10-6-9(14)7-16-13(10)15/h6-7,11-12,18H,2-5,8H2,1H3,(H2,15,16). The molecule has 106 valence electrons. The summed E-state index contributed by atoms with van der Waals surface area (Å²) in [6.45, 7) is 5.37. The van der Waals surface area contributed by atoms with Gasteiger partial charge in [0.05, 0.1) is 11.6 Å². The van der Waals surface area contributed by atoms with Gasteiger partial charge in [0.25, 0.3) is 0 Å². The number of ether oxygens (including phenoxy) is 1. The minimum Gasteiger partial charge on any atom is -0.385 e. The summed E-state index contributed by atoms with van der Waals surface area (Å²) in [5, 5.41) is 10.9. The summed E-state index contributed by atoms with van der Waals surface area (Å²) >= 11 is 5.90. The third-order valence-electron chi connectivity index (χ3n) is 3.30. The van der Waals surface area contributed by atoms with Crippen molar-refractivity contribution in [1.29, 1.82) is 0 Å². The van der Waals surface area contributed by atoms with Crippen LogP contribution >= 0.6 is 11.6 Å². The van der Waals surface area contributed by atoms with Crippen LogP contribution in [0.4, 0.5) is 5.82 Å². The molecule has 0 radical (unpaired) electrons. The lowest BCUT2D eigenvalue weighted by Crippen LogP contribution is -2.45. The smallest absolute Gasteiger partial charge is 0.129 e. The molecule has 0 spiro atoms. The second-order valence-electron chi connectivity index (χ2n) is 4.78. The average molecular weight is 286 g/mol. The van der Waals surface area contributed by atoms with E-state index in [4.69, 9.17) is 22.1 Å². The molecule has 2 heterocycles. The maximum absolute atomic E-state index is 10.4. The number of aliphatic hydroxyl groups is 1. The summed E-state index contributed by atoms with van der Waals surface area (Å²) in [4.78, 5) is 6.25. The Morgan fingerprint density at radius 2 is 2.47 bits per heavy atom. The lowest BCUT2D eigenvalue weighted by Gasteiger charge is -2.35. The highest BCUT2D eigenvalue weighted by Crippen LogP contribution is 2.27. The zero-order valence-corrected chi connectivity index (χ0v) is 11.8. The van der Waals surface area contributed by atoms with Gasteiger partial charge in [-0.25, -0.2) is 4.98 Å². The molecule has 3 N–H and O–H groups in total. The van der Waals surface area contributed by atoms with E-state index in [0.717, 1.165) is 19.5 Å². The maximum Gasteiger partial charge on any atom is 0.129 e. The Morgan fingerprint density at radius 1 is 1.68 bits per heavy atom. The number of aliphatic hydroxyl groups excluding tert-OH is 1. The van der Waals surface area contributed by atoms with Crippen LogP contribution in [0.25, 0.3) is 0 Å². The summed E-state index contributed by atoms with van der Waals surface area (Å²) in [5.41, 5.74) is 6.33. The van der Waals surface area contributed by atoms with E-state index in [0.29, 0.717) is 29.6 Å². The molecule has 0 saturated carbocycles. The molecule has 2 unspecified atom stereocenters. The summed E-state index contributed by atoms with van der Waals surface area (Å²) in [7, 11) is 0. The highest BCUT2D eigenvalue weighted by Gasteiger charge is 2.29. The van der Waals surface area contributed by atoms with Crippen LogP contribution in [0, 0.1) is 0 Å². The van der Waals surface area contributed by atoms with Crippen LogP contribution in [-0.2, 0) is 4.74 Å². The van der Waals surface area contributed by atoms with E-state index < -0.39 is 6.10 Å². The van der Waals surface area contributed by atoms with Gasteiger partial charge in [-0.2, -0.15) is 0 Å². The van der Waals surface area contributed by atoms with Crippen molar-refractivity contribution in [2.24, 2.45) is 0 Å². The van der Waals surface area contributed by atoms with Crippen molar-refractivity contribution in [3.63, 3.8) is 0 Å². The molecular weight excluding hydrogens is 266 g/mol. The third-order valence-corrected chi connectivity index (χ3v) is 3.51. The number of halogens is 1. The van der Waals surface area contributed by atoms with Crippen molar-refractivity contribution in [2.45, 2.75) is 25.6 Å². The van der Waals surface area contributed by atoms with Gasteiger partial charge >= 0.3 is 0 Å². The van der Waals surface area contributed by atoms with Crippen molar-refractivity contribution in [1.82, 2.24) is 9.88 Å². The van der Waals surface area contributed by atoms with Gasteiger partial charge < -0.3 is 15.6 Å². The predicted molar refractivity (Wildman–Crippen MR) is 75.1 cm³/mol. The lowest BCUT2D eigenvalue weighted by atomic mass is 10.0. The van der Waals surface area contributed by atoms with Crippen LogP contribution in [-0.4, -0.2) is 47.3 Å². The van der Waals surface area contributed by atoms with Crippen molar-refractivity contribution in [2.75, 3.05) is 32.0 Å². The number of anilines is 1. The van der Waals surface area contributed by atoms with Crippen molar-refractivity contribution in [3.05, 3.63) is 22.8 Å². The number of pyridine rings is 1. The maximum atomic E-state index is 10.4. The topological polar surface area (TPSA) is 71.6 Å². The molecule has 0 aromatic carbocycles. The van der Waals surface area contributed by atoms with Crippen LogP contribution < -0.4 is 5.73 Å². The molecule has 0 amide bonds. The summed E-state index contributed by atoms with van der Waals surface area (Å²) in [6, 6.07) is 1.65. The number of nitrogen functional groups attached to an aromatic ring is 1. The molecule has 1 aliphatic rings. The van der Waals surface area contributed by atoms with E-state index in [1.807, 2.05) is 0 Å². The Labute approximate surface area is 118 Å². The van der Waals surface area contributed by atoms with E-state index >= 15 is 0 Å². The van der Waals surface area contributed by atoms with Crippen molar-refractivity contribution in [3.8, 4) is 0 Å². The van der Waals surface area contributed by atoms with Gasteiger partial charge in [0, 0.05) is 24.8 Å². The Kier molecular flexibility index (Phi) is 4.99. The first-order valence-electron chi connectivity index (χ1n) is 6.54. The molecule has 2 atom stereocenters. The number of nitrogens with two attached hydrogens (primary N) is 1. The summed E-state index contributed by atoms with van der Waals surface area (Å²) in [5.74, 6) is 0.299. The first-order chi connectivity index (χ1) is 9.11. The van der Waals surface area contributed by atoms with E-state index in [1.54, 1.807) is 6.07 Å². The fourth-order valence-corrected chi connectivity index (χ4v) is 2.51. The zero-order valence-electron chi connectivity index (χ0n) is 11.1. The normalized spacial score (nSPS) is 22.4. The molecule has 1 fully saturated rings.